The maximum absolute atomic E-state index is 12.3. The summed E-state index contributed by atoms with van der Waals surface area (Å²) in [5.74, 6) is 0.235. The second-order valence-electron chi connectivity index (χ2n) is 4.98. The summed E-state index contributed by atoms with van der Waals surface area (Å²) in [5, 5.41) is 3.35. The topological polar surface area (TPSA) is 21.3 Å². The molecule has 0 bridgehead atoms. The predicted octanol–water partition coefficient (Wildman–Crippen LogP) is 4.38. The Morgan fingerprint density at radius 1 is 1.19 bits per heavy atom. The Morgan fingerprint density at radius 2 is 1.95 bits per heavy atom. The summed E-state index contributed by atoms with van der Waals surface area (Å²) in [4.78, 5) is 2.62. The van der Waals surface area contributed by atoms with E-state index >= 15 is 0 Å². The molecule has 0 aliphatic rings. The van der Waals surface area contributed by atoms with Gasteiger partial charge in [-0.2, -0.15) is 8.78 Å². The van der Waals surface area contributed by atoms with Crippen molar-refractivity contribution in [1.82, 2.24) is 5.32 Å². The summed E-state index contributed by atoms with van der Waals surface area (Å²) in [7, 11) is 0. The number of halogens is 2. The molecular weight excluding hydrogens is 292 g/mol. The molecular formula is C16H19F2NOS. The van der Waals surface area contributed by atoms with Crippen molar-refractivity contribution in [3.63, 3.8) is 0 Å². The molecule has 0 aliphatic heterocycles. The Morgan fingerprint density at radius 3 is 2.62 bits per heavy atom. The molecule has 1 atom stereocenters. The van der Waals surface area contributed by atoms with Gasteiger partial charge in [-0.25, -0.2) is 0 Å². The lowest BCUT2D eigenvalue weighted by Crippen LogP contribution is -2.27. The zero-order valence-electron chi connectivity index (χ0n) is 12.1. The SMILES string of the molecule is Cc1ccc(CC(C)NCc2ccccc2OC(F)F)s1. The van der Waals surface area contributed by atoms with Gasteiger partial charge < -0.3 is 10.1 Å². The number of para-hydroxylation sites is 1. The molecule has 0 saturated carbocycles. The quantitative estimate of drug-likeness (QED) is 0.819. The number of hydrogen-bond acceptors (Lipinski definition) is 3. The van der Waals surface area contributed by atoms with Crippen LogP contribution in [-0.2, 0) is 13.0 Å². The molecule has 5 heteroatoms. The second-order valence-corrected chi connectivity index (χ2v) is 6.36. The van der Waals surface area contributed by atoms with Crippen LogP contribution in [0.3, 0.4) is 0 Å². The maximum atomic E-state index is 12.3. The fraction of sp³-hybridized carbons (Fsp3) is 0.375. The van der Waals surface area contributed by atoms with Gasteiger partial charge in [0.25, 0.3) is 0 Å². The summed E-state index contributed by atoms with van der Waals surface area (Å²) in [6.45, 7) is 1.89. The minimum atomic E-state index is -2.79. The van der Waals surface area contributed by atoms with Crippen LogP contribution in [0.5, 0.6) is 5.75 Å². The number of rotatable bonds is 7. The van der Waals surface area contributed by atoms with Gasteiger partial charge in [0, 0.05) is 27.9 Å². The van der Waals surface area contributed by atoms with Gasteiger partial charge in [0.2, 0.25) is 0 Å². The molecule has 0 fully saturated rings. The van der Waals surface area contributed by atoms with Crippen LogP contribution in [0.25, 0.3) is 0 Å². The molecule has 21 heavy (non-hydrogen) atoms. The standard InChI is InChI=1S/C16H19F2NOS/c1-11(9-14-8-7-12(2)21-14)19-10-13-5-3-4-6-15(13)20-16(17)18/h3-8,11,16,19H,9-10H2,1-2H3. The van der Waals surface area contributed by atoms with Crippen molar-refractivity contribution < 1.29 is 13.5 Å². The summed E-state index contributed by atoms with van der Waals surface area (Å²) in [6.07, 6.45) is 0.927. The first-order valence-electron chi connectivity index (χ1n) is 6.86. The predicted molar refractivity (Wildman–Crippen MR) is 82.1 cm³/mol. The van der Waals surface area contributed by atoms with E-state index in [1.807, 2.05) is 6.07 Å². The normalized spacial score (nSPS) is 12.6. The zero-order valence-corrected chi connectivity index (χ0v) is 12.9. The number of nitrogens with one attached hydrogen (secondary N) is 1. The lowest BCUT2D eigenvalue weighted by atomic mass is 10.1. The van der Waals surface area contributed by atoms with Gasteiger partial charge in [-0.1, -0.05) is 18.2 Å². The number of thiophene rings is 1. The highest BCUT2D eigenvalue weighted by Crippen LogP contribution is 2.21. The third kappa shape index (κ3) is 5.10. The van der Waals surface area contributed by atoms with E-state index < -0.39 is 6.61 Å². The van der Waals surface area contributed by atoms with Gasteiger partial charge in [-0.3, -0.25) is 0 Å². The van der Waals surface area contributed by atoms with Crippen molar-refractivity contribution in [3.8, 4) is 5.75 Å². The van der Waals surface area contributed by atoms with E-state index in [9.17, 15) is 8.78 Å². The van der Waals surface area contributed by atoms with E-state index in [0.717, 1.165) is 12.0 Å². The van der Waals surface area contributed by atoms with Crippen LogP contribution in [0.4, 0.5) is 8.78 Å². The number of benzene rings is 1. The lowest BCUT2D eigenvalue weighted by molar-refractivity contribution is -0.0505. The van der Waals surface area contributed by atoms with Crippen molar-refractivity contribution in [3.05, 3.63) is 51.7 Å². The fourth-order valence-electron chi connectivity index (χ4n) is 2.11. The van der Waals surface area contributed by atoms with Crippen LogP contribution < -0.4 is 10.1 Å². The number of aryl methyl sites for hydroxylation is 1. The number of ether oxygens (including phenoxy) is 1. The maximum Gasteiger partial charge on any atom is 0.387 e. The van der Waals surface area contributed by atoms with Gasteiger partial charge >= 0.3 is 6.61 Å². The summed E-state index contributed by atoms with van der Waals surface area (Å²) < 4.78 is 29.2. The minimum absolute atomic E-state index is 0.235. The highest BCUT2D eigenvalue weighted by Gasteiger charge is 2.10. The van der Waals surface area contributed by atoms with Crippen molar-refractivity contribution in [1.29, 1.82) is 0 Å². The van der Waals surface area contributed by atoms with E-state index in [-0.39, 0.29) is 11.8 Å². The first-order valence-corrected chi connectivity index (χ1v) is 7.67. The van der Waals surface area contributed by atoms with Crippen molar-refractivity contribution in [2.75, 3.05) is 0 Å². The summed E-state index contributed by atoms with van der Waals surface area (Å²) >= 11 is 1.79. The number of alkyl halides is 2. The van der Waals surface area contributed by atoms with Crippen LogP contribution in [0, 0.1) is 6.92 Å². The monoisotopic (exact) mass is 311 g/mol. The molecule has 0 radical (unpaired) electrons. The summed E-state index contributed by atoms with van der Waals surface area (Å²) in [5.41, 5.74) is 0.743. The van der Waals surface area contributed by atoms with Crippen molar-refractivity contribution in [2.24, 2.45) is 0 Å². The smallest absolute Gasteiger partial charge is 0.387 e. The molecule has 2 rings (SSSR count). The van der Waals surface area contributed by atoms with E-state index in [4.69, 9.17) is 0 Å². The number of hydrogen-bond donors (Lipinski definition) is 1. The van der Waals surface area contributed by atoms with E-state index in [1.54, 1.807) is 29.5 Å². The fourth-order valence-corrected chi connectivity index (χ4v) is 3.13. The molecule has 0 aliphatic carbocycles. The largest absolute Gasteiger partial charge is 0.434 e. The molecule has 1 N–H and O–H groups in total. The van der Waals surface area contributed by atoms with Gasteiger partial charge in [0.1, 0.15) is 5.75 Å². The molecule has 0 spiro atoms. The van der Waals surface area contributed by atoms with Crippen LogP contribution in [0.2, 0.25) is 0 Å². The molecule has 0 amide bonds. The molecule has 1 unspecified atom stereocenters. The average Bonchev–Trinajstić information content (AvgIpc) is 2.82. The molecule has 2 aromatic rings. The highest BCUT2D eigenvalue weighted by atomic mass is 32.1. The molecule has 114 valence electrons. The van der Waals surface area contributed by atoms with Crippen LogP contribution in [0.15, 0.2) is 36.4 Å². The molecule has 2 nitrogen and oxygen atoms in total. The Bertz CT molecular complexity index is 571. The second kappa shape index (κ2) is 7.52. The Kier molecular flexibility index (Phi) is 5.70. The first kappa shape index (κ1) is 15.9. The first-order chi connectivity index (χ1) is 10.0. The van der Waals surface area contributed by atoms with E-state index in [2.05, 4.69) is 36.0 Å². The van der Waals surface area contributed by atoms with Crippen LogP contribution in [-0.4, -0.2) is 12.7 Å². The van der Waals surface area contributed by atoms with Gasteiger partial charge in [-0.15, -0.1) is 11.3 Å². The zero-order chi connectivity index (χ0) is 15.2. The average molecular weight is 311 g/mol. The third-order valence-electron chi connectivity index (χ3n) is 3.13. The highest BCUT2D eigenvalue weighted by molar-refractivity contribution is 7.11. The van der Waals surface area contributed by atoms with Crippen LogP contribution in [0.1, 0.15) is 22.2 Å². The third-order valence-corrected chi connectivity index (χ3v) is 4.16. The Hall–Kier alpha value is -1.46. The van der Waals surface area contributed by atoms with E-state index in [0.29, 0.717) is 6.54 Å². The Labute approximate surface area is 127 Å². The van der Waals surface area contributed by atoms with Crippen LogP contribution >= 0.6 is 11.3 Å². The van der Waals surface area contributed by atoms with Crippen molar-refractivity contribution >= 4 is 11.3 Å². The molecule has 1 heterocycles. The molecule has 1 aromatic carbocycles. The Balaban J connectivity index is 1.90. The molecule has 0 saturated heterocycles. The van der Waals surface area contributed by atoms with Gasteiger partial charge in [-0.05, 0) is 38.5 Å². The van der Waals surface area contributed by atoms with Gasteiger partial charge in [0.15, 0.2) is 0 Å². The minimum Gasteiger partial charge on any atom is -0.434 e. The van der Waals surface area contributed by atoms with E-state index in [1.165, 1.54) is 9.75 Å². The molecule has 1 aromatic heterocycles. The lowest BCUT2D eigenvalue weighted by Gasteiger charge is -2.15. The summed E-state index contributed by atoms with van der Waals surface area (Å²) in [6, 6.07) is 11.4. The van der Waals surface area contributed by atoms with Crippen molar-refractivity contribution in [2.45, 2.75) is 39.5 Å². The van der Waals surface area contributed by atoms with Gasteiger partial charge in [0.05, 0.1) is 0 Å².